The van der Waals surface area contributed by atoms with Crippen molar-refractivity contribution in [1.82, 2.24) is 4.98 Å². The Labute approximate surface area is 93.7 Å². The van der Waals surface area contributed by atoms with E-state index in [-0.39, 0.29) is 12.5 Å². The first-order valence-corrected chi connectivity index (χ1v) is 5.24. The summed E-state index contributed by atoms with van der Waals surface area (Å²) in [5, 5.41) is 8.71. The lowest BCUT2D eigenvalue weighted by atomic mass is 10.2. The summed E-state index contributed by atoms with van der Waals surface area (Å²) in [4.78, 5) is 16.7. The van der Waals surface area contributed by atoms with Crippen LogP contribution in [0.3, 0.4) is 0 Å². The molecule has 2 rings (SSSR count). The van der Waals surface area contributed by atoms with Crippen molar-refractivity contribution in [2.75, 3.05) is 24.6 Å². The van der Waals surface area contributed by atoms with Crippen LogP contribution in [-0.2, 0) is 9.53 Å². The molecule has 1 saturated heterocycles. The van der Waals surface area contributed by atoms with Gasteiger partial charge in [0.2, 0.25) is 0 Å². The van der Waals surface area contributed by atoms with E-state index < -0.39 is 5.97 Å². The minimum atomic E-state index is -0.818. The van der Waals surface area contributed by atoms with Gasteiger partial charge < -0.3 is 14.7 Å². The third-order valence-corrected chi connectivity index (χ3v) is 2.57. The van der Waals surface area contributed by atoms with Crippen LogP contribution in [-0.4, -0.2) is 41.9 Å². The first kappa shape index (κ1) is 10.9. The largest absolute Gasteiger partial charge is 0.481 e. The lowest BCUT2D eigenvalue weighted by Gasteiger charge is -2.33. The number of nitrogens with zero attached hydrogens (tertiary/aromatic N) is 2. The predicted octanol–water partition coefficient (Wildman–Crippen LogP) is 0.762. The smallest absolute Gasteiger partial charge is 0.306 e. The Bertz CT molecular complexity index is 356. The fourth-order valence-electron chi connectivity index (χ4n) is 1.83. The number of aromatic nitrogens is 1. The van der Waals surface area contributed by atoms with Crippen LogP contribution >= 0.6 is 0 Å². The minimum Gasteiger partial charge on any atom is -0.481 e. The molecule has 0 aromatic carbocycles. The highest BCUT2D eigenvalue weighted by Gasteiger charge is 2.22. The molecule has 0 amide bonds. The number of aliphatic carboxylic acids is 1. The molecule has 1 aromatic rings. The van der Waals surface area contributed by atoms with Gasteiger partial charge in [0.25, 0.3) is 0 Å². The molecule has 16 heavy (non-hydrogen) atoms. The summed E-state index contributed by atoms with van der Waals surface area (Å²) >= 11 is 0. The molecule has 1 aromatic heterocycles. The van der Waals surface area contributed by atoms with Gasteiger partial charge in [0.05, 0.1) is 19.1 Å². The van der Waals surface area contributed by atoms with Crippen LogP contribution in [0.1, 0.15) is 6.42 Å². The van der Waals surface area contributed by atoms with E-state index in [0.29, 0.717) is 13.2 Å². The molecule has 0 spiro atoms. The lowest BCUT2D eigenvalue weighted by Crippen LogP contribution is -2.43. The second-order valence-electron chi connectivity index (χ2n) is 3.74. The van der Waals surface area contributed by atoms with E-state index in [0.717, 1.165) is 12.2 Å². The average Bonchev–Trinajstić information content (AvgIpc) is 2.30. The van der Waals surface area contributed by atoms with Gasteiger partial charge in [0.15, 0.2) is 0 Å². The number of anilines is 1. The van der Waals surface area contributed by atoms with Gasteiger partial charge in [-0.2, -0.15) is 0 Å². The van der Waals surface area contributed by atoms with E-state index in [1.165, 1.54) is 0 Å². The zero-order chi connectivity index (χ0) is 11.4. The van der Waals surface area contributed by atoms with Gasteiger partial charge in [-0.3, -0.25) is 9.78 Å². The monoisotopic (exact) mass is 222 g/mol. The summed E-state index contributed by atoms with van der Waals surface area (Å²) in [5.41, 5.74) is 1.06. The minimum absolute atomic E-state index is 0.0571. The molecule has 1 fully saturated rings. The number of morpholine rings is 1. The molecule has 1 aliphatic heterocycles. The molecule has 2 heterocycles. The van der Waals surface area contributed by atoms with Crippen molar-refractivity contribution in [3.8, 4) is 0 Å². The van der Waals surface area contributed by atoms with Crippen molar-refractivity contribution in [3.05, 3.63) is 24.5 Å². The number of carbonyl (C=O) groups is 1. The first-order valence-electron chi connectivity index (χ1n) is 5.24. The Morgan fingerprint density at radius 3 is 3.00 bits per heavy atom. The van der Waals surface area contributed by atoms with Crippen LogP contribution in [0.15, 0.2) is 24.5 Å². The summed E-state index contributed by atoms with van der Waals surface area (Å²) in [7, 11) is 0. The summed E-state index contributed by atoms with van der Waals surface area (Å²) in [6.07, 6.45) is 3.30. The second kappa shape index (κ2) is 4.94. The molecule has 1 atom stereocenters. The Balaban J connectivity index is 1.99. The molecule has 5 nitrogen and oxygen atoms in total. The zero-order valence-electron chi connectivity index (χ0n) is 8.87. The molecule has 1 aliphatic rings. The molecule has 86 valence electrons. The summed E-state index contributed by atoms with van der Waals surface area (Å²) < 4.78 is 5.40. The lowest BCUT2D eigenvalue weighted by molar-refractivity contribution is -0.140. The molecule has 0 aliphatic carbocycles. The Kier molecular flexibility index (Phi) is 3.36. The van der Waals surface area contributed by atoms with Crippen LogP contribution in [0, 0.1) is 0 Å². The van der Waals surface area contributed by atoms with Gasteiger partial charge in [-0.05, 0) is 12.1 Å². The third-order valence-electron chi connectivity index (χ3n) is 2.57. The van der Waals surface area contributed by atoms with Crippen molar-refractivity contribution < 1.29 is 14.6 Å². The fraction of sp³-hybridized carbons (Fsp3) is 0.455. The molecule has 1 unspecified atom stereocenters. The van der Waals surface area contributed by atoms with Gasteiger partial charge in [0, 0.05) is 31.2 Å². The predicted molar refractivity (Wildman–Crippen MR) is 58.4 cm³/mol. The molecule has 0 saturated carbocycles. The highest BCUT2D eigenvalue weighted by molar-refractivity contribution is 5.67. The highest BCUT2D eigenvalue weighted by atomic mass is 16.5. The number of ether oxygens (including phenoxy) is 1. The SMILES string of the molecule is O=C(O)CC1CN(c2ccncc2)CCO1. The van der Waals surface area contributed by atoms with Crippen LogP contribution in [0.5, 0.6) is 0 Å². The van der Waals surface area contributed by atoms with Crippen molar-refractivity contribution >= 4 is 11.7 Å². The number of hydrogen-bond acceptors (Lipinski definition) is 4. The Hall–Kier alpha value is -1.62. The molecule has 0 bridgehead atoms. The molecular formula is C11H14N2O3. The van der Waals surface area contributed by atoms with Gasteiger partial charge in [-0.15, -0.1) is 0 Å². The third kappa shape index (κ3) is 2.70. The van der Waals surface area contributed by atoms with Gasteiger partial charge in [0.1, 0.15) is 0 Å². The molecule has 0 radical (unpaired) electrons. The first-order chi connectivity index (χ1) is 7.75. The van der Waals surface area contributed by atoms with Crippen molar-refractivity contribution in [2.45, 2.75) is 12.5 Å². The van der Waals surface area contributed by atoms with Crippen molar-refractivity contribution in [3.63, 3.8) is 0 Å². The number of hydrogen-bond donors (Lipinski definition) is 1. The van der Waals surface area contributed by atoms with Crippen LogP contribution in [0.25, 0.3) is 0 Å². The number of pyridine rings is 1. The molecule has 1 N–H and O–H groups in total. The van der Waals surface area contributed by atoms with Crippen molar-refractivity contribution in [1.29, 1.82) is 0 Å². The Morgan fingerprint density at radius 1 is 1.56 bits per heavy atom. The van der Waals surface area contributed by atoms with Crippen LogP contribution in [0.2, 0.25) is 0 Å². The average molecular weight is 222 g/mol. The van der Waals surface area contributed by atoms with Gasteiger partial charge in [-0.1, -0.05) is 0 Å². The zero-order valence-corrected chi connectivity index (χ0v) is 8.87. The number of rotatable bonds is 3. The van der Waals surface area contributed by atoms with E-state index in [1.807, 2.05) is 12.1 Å². The number of carboxylic acids is 1. The van der Waals surface area contributed by atoms with E-state index in [1.54, 1.807) is 12.4 Å². The maximum absolute atomic E-state index is 10.6. The molecular weight excluding hydrogens is 208 g/mol. The van der Waals surface area contributed by atoms with E-state index in [4.69, 9.17) is 9.84 Å². The van der Waals surface area contributed by atoms with Gasteiger partial charge >= 0.3 is 5.97 Å². The number of carboxylic acid groups (broad SMARTS) is 1. The Morgan fingerprint density at radius 2 is 2.31 bits per heavy atom. The maximum atomic E-state index is 10.6. The van der Waals surface area contributed by atoms with Crippen LogP contribution < -0.4 is 4.90 Å². The summed E-state index contributed by atoms with van der Waals surface area (Å²) in [6, 6.07) is 3.84. The highest BCUT2D eigenvalue weighted by Crippen LogP contribution is 2.17. The molecule has 5 heteroatoms. The summed E-state index contributed by atoms with van der Waals surface area (Å²) in [5.74, 6) is -0.818. The van der Waals surface area contributed by atoms with E-state index >= 15 is 0 Å². The topological polar surface area (TPSA) is 62.7 Å². The second-order valence-corrected chi connectivity index (χ2v) is 3.74. The van der Waals surface area contributed by atoms with Gasteiger partial charge in [-0.25, -0.2) is 0 Å². The van der Waals surface area contributed by atoms with E-state index in [9.17, 15) is 4.79 Å². The summed E-state index contributed by atoms with van der Waals surface area (Å²) in [6.45, 7) is 1.98. The quantitative estimate of drug-likeness (QED) is 0.818. The van der Waals surface area contributed by atoms with Crippen molar-refractivity contribution in [2.24, 2.45) is 0 Å². The fourth-order valence-corrected chi connectivity index (χ4v) is 1.83. The normalized spacial score (nSPS) is 20.8. The van der Waals surface area contributed by atoms with Crippen LogP contribution in [0.4, 0.5) is 5.69 Å². The van der Waals surface area contributed by atoms with E-state index in [2.05, 4.69) is 9.88 Å². The standard InChI is InChI=1S/C11H14N2O3/c14-11(15)7-10-8-13(5-6-16-10)9-1-3-12-4-2-9/h1-4,10H,5-8H2,(H,14,15). The maximum Gasteiger partial charge on any atom is 0.306 e.